The molecule has 0 bridgehead atoms. The van der Waals surface area contributed by atoms with Gasteiger partial charge in [0.15, 0.2) is 0 Å². The minimum atomic E-state index is -3.67. The standard InChI is InChI=1S/C18H28N2O4S/c1-4-8-14(2)19-18(21)15-9-10-16(24-3)17(13-15)25(22,23)20-11-6-5-7-12-20/h9-10,13-14H,4-8,11-12H2,1-3H3,(H,19,21). The molecule has 140 valence electrons. The minimum absolute atomic E-state index is 0.0433. The van der Waals surface area contributed by atoms with E-state index in [2.05, 4.69) is 12.2 Å². The predicted molar refractivity (Wildman–Crippen MR) is 97.4 cm³/mol. The lowest BCUT2D eigenvalue weighted by molar-refractivity contribution is 0.0938. The number of nitrogens with zero attached hydrogens (tertiary/aromatic N) is 1. The van der Waals surface area contributed by atoms with E-state index in [0.717, 1.165) is 32.1 Å². The molecule has 7 heteroatoms. The van der Waals surface area contributed by atoms with Crippen LogP contribution in [0.25, 0.3) is 0 Å². The summed E-state index contributed by atoms with van der Waals surface area (Å²) in [7, 11) is -2.23. The van der Waals surface area contributed by atoms with Gasteiger partial charge in [0, 0.05) is 24.7 Å². The topological polar surface area (TPSA) is 75.7 Å². The van der Waals surface area contributed by atoms with E-state index in [1.54, 1.807) is 12.1 Å². The first-order valence-corrected chi connectivity index (χ1v) is 10.3. The van der Waals surface area contributed by atoms with Crippen molar-refractivity contribution in [2.24, 2.45) is 0 Å². The van der Waals surface area contributed by atoms with E-state index in [4.69, 9.17) is 4.74 Å². The second kappa shape index (κ2) is 8.67. The van der Waals surface area contributed by atoms with E-state index >= 15 is 0 Å². The summed E-state index contributed by atoms with van der Waals surface area (Å²) in [4.78, 5) is 12.5. The van der Waals surface area contributed by atoms with Crippen LogP contribution >= 0.6 is 0 Å². The minimum Gasteiger partial charge on any atom is -0.495 e. The second-order valence-electron chi connectivity index (χ2n) is 6.49. The average Bonchev–Trinajstić information content (AvgIpc) is 2.62. The molecule has 0 saturated carbocycles. The Balaban J connectivity index is 2.32. The van der Waals surface area contributed by atoms with Crippen LogP contribution in [0.1, 0.15) is 56.3 Å². The van der Waals surface area contributed by atoms with Crippen molar-refractivity contribution in [3.8, 4) is 5.75 Å². The van der Waals surface area contributed by atoms with Crippen LogP contribution < -0.4 is 10.1 Å². The average molecular weight is 368 g/mol. The molecule has 25 heavy (non-hydrogen) atoms. The third kappa shape index (κ3) is 4.73. The summed E-state index contributed by atoms with van der Waals surface area (Å²) in [5, 5.41) is 2.90. The molecule has 1 amide bonds. The number of hydrogen-bond donors (Lipinski definition) is 1. The number of amides is 1. The fourth-order valence-electron chi connectivity index (χ4n) is 3.08. The van der Waals surface area contributed by atoms with E-state index in [0.29, 0.717) is 18.7 Å². The molecule has 1 saturated heterocycles. The highest BCUT2D eigenvalue weighted by Crippen LogP contribution is 2.29. The molecule has 1 fully saturated rings. The van der Waals surface area contributed by atoms with Gasteiger partial charge in [-0.15, -0.1) is 0 Å². The third-order valence-electron chi connectivity index (χ3n) is 4.46. The van der Waals surface area contributed by atoms with E-state index in [1.165, 1.54) is 17.5 Å². The van der Waals surface area contributed by atoms with Gasteiger partial charge in [0.2, 0.25) is 10.0 Å². The molecule has 1 atom stereocenters. The summed E-state index contributed by atoms with van der Waals surface area (Å²) < 4.78 is 32.7. The second-order valence-corrected chi connectivity index (χ2v) is 8.40. The van der Waals surface area contributed by atoms with Crippen LogP contribution in [-0.2, 0) is 10.0 Å². The molecule has 0 spiro atoms. The lowest BCUT2D eigenvalue weighted by Gasteiger charge is -2.26. The first kappa shape index (κ1) is 19.7. The smallest absolute Gasteiger partial charge is 0.251 e. The van der Waals surface area contributed by atoms with Crippen LogP contribution in [0, 0.1) is 0 Å². The van der Waals surface area contributed by atoms with Gasteiger partial charge in [0.25, 0.3) is 5.91 Å². The predicted octanol–water partition coefficient (Wildman–Crippen LogP) is 2.79. The van der Waals surface area contributed by atoms with Gasteiger partial charge in [-0.1, -0.05) is 19.8 Å². The zero-order valence-electron chi connectivity index (χ0n) is 15.2. The SMILES string of the molecule is CCCC(C)NC(=O)c1ccc(OC)c(S(=O)(=O)N2CCCCC2)c1. The molecule has 6 nitrogen and oxygen atoms in total. The van der Waals surface area contributed by atoms with E-state index in [1.807, 2.05) is 6.92 Å². The Morgan fingerprint density at radius 1 is 1.28 bits per heavy atom. The molecule has 0 aromatic heterocycles. The number of carbonyl (C=O) groups excluding carboxylic acids is 1. The maximum absolute atomic E-state index is 13.0. The molecule has 1 aliphatic heterocycles. The van der Waals surface area contributed by atoms with Gasteiger partial charge >= 0.3 is 0 Å². The Kier molecular flexibility index (Phi) is 6.84. The summed E-state index contributed by atoms with van der Waals surface area (Å²) in [6.45, 7) is 5.01. The molecule has 1 aromatic carbocycles. The monoisotopic (exact) mass is 368 g/mol. The normalized spacial score (nSPS) is 17.1. The maximum atomic E-state index is 13.0. The van der Waals surface area contributed by atoms with Crippen molar-refractivity contribution in [3.63, 3.8) is 0 Å². The number of hydrogen-bond acceptors (Lipinski definition) is 4. The summed E-state index contributed by atoms with van der Waals surface area (Å²) >= 11 is 0. The molecule has 0 aliphatic carbocycles. The fraction of sp³-hybridized carbons (Fsp3) is 0.611. The van der Waals surface area contributed by atoms with Crippen molar-refractivity contribution in [2.45, 2.75) is 56.9 Å². The van der Waals surface area contributed by atoms with Gasteiger partial charge in [-0.3, -0.25) is 4.79 Å². The number of sulfonamides is 1. The third-order valence-corrected chi connectivity index (χ3v) is 6.38. The Bertz CT molecular complexity index is 697. The number of methoxy groups -OCH3 is 1. The lowest BCUT2D eigenvalue weighted by atomic mass is 10.1. The largest absolute Gasteiger partial charge is 0.495 e. The molecule has 0 radical (unpaired) electrons. The highest BCUT2D eigenvalue weighted by Gasteiger charge is 2.29. The molecule has 1 aliphatic rings. The number of ether oxygens (including phenoxy) is 1. The molecule has 1 unspecified atom stereocenters. The number of rotatable bonds is 7. The zero-order valence-corrected chi connectivity index (χ0v) is 16.1. The van der Waals surface area contributed by atoms with Crippen molar-refractivity contribution in [2.75, 3.05) is 20.2 Å². The first-order valence-electron chi connectivity index (χ1n) is 8.89. The maximum Gasteiger partial charge on any atom is 0.251 e. The van der Waals surface area contributed by atoms with Gasteiger partial charge in [0.1, 0.15) is 10.6 Å². The van der Waals surface area contributed by atoms with Crippen molar-refractivity contribution < 1.29 is 17.9 Å². The zero-order chi connectivity index (χ0) is 18.4. The van der Waals surface area contributed by atoms with Gasteiger partial charge < -0.3 is 10.1 Å². The van der Waals surface area contributed by atoms with Crippen LogP contribution in [0.15, 0.2) is 23.1 Å². The summed E-state index contributed by atoms with van der Waals surface area (Å²) in [6.07, 6.45) is 4.60. The molecular formula is C18H28N2O4S. The molecule has 1 N–H and O–H groups in total. The number of carbonyl (C=O) groups is 1. The Hall–Kier alpha value is -1.60. The number of benzene rings is 1. The van der Waals surface area contributed by atoms with Crippen LogP contribution in [0.3, 0.4) is 0 Å². The van der Waals surface area contributed by atoms with Crippen LogP contribution in [0.2, 0.25) is 0 Å². The van der Waals surface area contributed by atoms with Gasteiger partial charge in [-0.2, -0.15) is 4.31 Å². The van der Waals surface area contributed by atoms with E-state index in [9.17, 15) is 13.2 Å². The van der Waals surface area contributed by atoms with E-state index < -0.39 is 10.0 Å². The Morgan fingerprint density at radius 3 is 2.56 bits per heavy atom. The molecule has 2 rings (SSSR count). The fourth-order valence-corrected chi connectivity index (χ4v) is 4.77. The van der Waals surface area contributed by atoms with E-state index in [-0.39, 0.29) is 22.6 Å². The lowest BCUT2D eigenvalue weighted by Crippen LogP contribution is -2.36. The summed E-state index contributed by atoms with van der Waals surface area (Å²) in [5.74, 6) is 0.00225. The molecule has 1 aromatic rings. The van der Waals surface area contributed by atoms with Gasteiger partial charge in [0.05, 0.1) is 7.11 Å². The summed E-state index contributed by atoms with van der Waals surface area (Å²) in [5.41, 5.74) is 0.333. The van der Waals surface area contributed by atoms with Crippen LogP contribution in [0.4, 0.5) is 0 Å². The van der Waals surface area contributed by atoms with Gasteiger partial charge in [-0.05, 0) is 44.4 Å². The first-order chi connectivity index (χ1) is 11.9. The summed E-state index contributed by atoms with van der Waals surface area (Å²) in [6, 6.07) is 4.62. The van der Waals surface area contributed by atoms with Crippen molar-refractivity contribution in [1.82, 2.24) is 9.62 Å². The van der Waals surface area contributed by atoms with Crippen molar-refractivity contribution in [1.29, 1.82) is 0 Å². The Labute approximate surface area is 150 Å². The van der Waals surface area contributed by atoms with Crippen LogP contribution in [0.5, 0.6) is 5.75 Å². The quantitative estimate of drug-likeness (QED) is 0.803. The highest BCUT2D eigenvalue weighted by atomic mass is 32.2. The van der Waals surface area contributed by atoms with Gasteiger partial charge in [-0.25, -0.2) is 8.42 Å². The Morgan fingerprint density at radius 2 is 1.96 bits per heavy atom. The van der Waals surface area contributed by atoms with Crippen molar-refractivity contribution >= 4 is 15.9 Å². The van der Waals surface area contributed by atoms with Crippen LogP contribution in [-0.4, -0.2) is 44.9 Å². The highest BCUT2D eigenvalue weighted by molar-refractivity contribution is 7.89. The number of nitrogens with one attached hydrogen (secondary N) is 1. The van der Waals surface area contributed by atoms with Crippen molar-refractivity contribution in [3.05, 3.63) is 23.8 Å². The molecular weight excluding hydrogens is 340 g/mol. The molecule has 1 heterocycles. The number of piperidine rings is 1.